The van der Waals surface area contributed by atoms with E-state index in [0.29, 0.717) is 17.9 Å². The van der Waals surface area contributed by atoms with Crippen LogP contribution >= 0.6 is 0 Å². The molecule has 1 N–H and O–H groups in total. The van der Waals surface area contributed by atoms with Crippen LogP contribution in [-0.4, -0.2) is 55.9 Å². The van der Waals surface area contributed by atoms with Crippen molar-refractivity contribution in [2.24, 2.45) is 0 Å². The summed E-state index contributed by atoms with van der Waals surface area (Å²) in [4.78, 5) is 18.5. The molecule has 0 aliphatic carbocycles. The lowest BCUT2D eigenvalue weighted by Gasteiger charge is -2.29. The van der Waals surface area contributed by atoms with Crippen LogP contribution in [0.1, 0.15) is 55.2 Å². The number of pyridine rings is 1. The van der Waals surface area contributed by atoms with Gasteiger partial charge in [0.05, 0.1) is 12.6 Å². The predicted molar refractivity (Wildman–Crippen MR) is 116 cm³/mol. The Hall–Kier alpha value is -2.58. The number of aryl methyl sites for hydroxylation is 2. The van der Waals surface area contributed by atoms with Crippen LogP contribution in [-0.2, 0) is 11.3 Å². The first-order valence-electron chi connectivity index (χ1n) is 10.8. The predicted octanol–water partition coefficient (Wildman–Crippen LogP) is 2.74. The van der Waals surface area contributed by atoms with E-state index in [9.17, 15) is 4.79 Å². The molecule has 8 heteroatoms. The number of hydrogen-bond acceptors (Lipinski definition) is 6. The number of hydrogen-bond donors (Lipinski definition) is 1. The van der Waals surface area contributed by atoms with E-state index in [0.717, 1.165) is 54.6 Å². The molecule has 1 aliphatic rings. The summed E-state index contributed by atoms with van der Waals surface area (Å²) < 4.78 is 7.60. The number of nitrogens with zero attached hydrogens (tertiary/aromatic N) is 5. The minimum absolute atomic E-state index is 0.101. The quantitative estimate of drug-likeness (QED) is 0.644. The van der Waals surface area contributed by atoms with E-state index in [-0.39, 0.29) is 17.7 Å². The number of benzene rings is 1. The van der Waals surface area contributed by atoms with Gasteiger partial charge in [0.25, 0.3) is 5.56 Å². The van der Waals surface area contributed by atoms with Gasteiger partial charge in [0.2, 0.25) is 0 Å². The topological polar surface area (TPSA) is 88.9 Å². The van der Waals surface area contributed by atoms with Gasteiger partial charge in [-0.05, 0) is 73.5 Å². The number of aromatic nitrogens is 5. The fourth-order valence-electron chi connectivity index (χ4n) is 4.50. The first-order chi connectivity index (χ1) is 14.5. The Kier molecular flexibility index (Phi) is 5.97. The average molecular weight is 411 g/mol. The van der Waals surface area contributed by atoms with Crippen LogP contribution < -0.4 is 5.56 Å². The monoisotopic (exact) mass is 410 g/mol. The van der Waals surface area contributed by atoms with Crippen LogP contribution in [0.4, 0.5) is 0 Å². The minimum atomic E-state index is -0.328. The summed E-state index contributed by atoms with van der Waals surface area (Å²) in [5.74, 6) is 0.684. The number of tetrazole rings is 1. The molecule has 1 saturated heterocycles. The van der Waals surface area contributed by atoms with Crippen molar-refractivity contribution in [3.05, 3.63) is 51.1 Å². The van der Waals surface area contributed by atoms with Crippen molar-refractivity contribution < 1.29 is 4.74 Å². The zero-order valence-electron chi connectivity index (χ0n) is 18.2. The van der Waals surface area contributed by atoms with E-state index >= 15 is 0 Å². The van der Waals surface area contributed by atoms with Crippen molar-refractivity contribution in [2.75, 3.05) is 19.7 Å². The molecule has 0 unspecified atom stereocenters. The third kappa shape index (κ3) is 3.89. The molecule has 3 aromatic rings. The summed E-state index contributed by atoms with van der Waals surface area (Å²) >= 11 is 0. The molecule has 0 spiro atoms. The fraction of sp³-hybridized carbons (Fsp3) is 0.545. The summed E-state index contributed by atoms with van der Waals surface area (Å²) in [6.07, 6.45) is 2.18. The van der Waals surface area contributed by atoms with Crippen molar-refractivity contribution in [3.8, 4) is 0 Å². The van der Waals surface area contributed by atoms with Crippen molar-refractivity contribution in [1.29, 1.82) is 0 Å². The zero-order valence-corrected chi connectivity index (χ0v) is 18.2. The standard InChI is InChI=1S/C22H30N6O2/c1-5-27(6-2)20(21-24-25-26-28(21)13-16-8-7-9-30-16)18-12-17-15(4)10-14(3)11-19(17)23-22(18)29/h10-12,16,20H,5-9,13H2,1-4H3,(H,23,29)/t16-,20-/m1/s1. The molecule has 2 aromatic heterocycles. The number of fused-ring (bicyclic) bond motifs is 1. The van der Waals surface area contributed by atoms with Crippen LogP contribution in [0.3, 0.4) is 0 Å². The fourth-order valence-corrected chi connectivity index (χ4v) is 4.50. The molecule has 160 valence electrons. The maximum atomic E-state index is 13.2. The number of ether oxygens (including phenoxy) is 1. The number of nitrogens with one attached hydrogen (secondary N) is 1. The molecule has 0 bridgehead atoms. The van der Waals surface area contributed by atoms with Gasteiger partial charge in [0.1, 0.15) is 6.04 Å². The molecular formula is C22H30N6O2. The van der Waals surface area contributed by atoms with Gasteiger partial charge in [-0.25, -0.2) is 4.68 Å². The zero-order chi connectivity index (χ0) is 21.3. The van der Waals surface area contributed by atoms with Gasteiger partial charge >= 0.3 is 0 Å². The van der Waals surface area contributed by atoms with Gasteiger partial charge in [0.15, 0.2) is 5.82 Å². The van der Waals surface area contributed by atoms with E-state index in [4.69, 9.17) is 4.74 Å². The Bertz CT molecular complexity index is 1080. The second-order valence-corrected chi connectivity index (χ2v) is 8.07. The molecule has 1 fully saturated rings. The molecular weight excluding hydrogens is 380 g/mol. The minimum Gasteiger partial charge on any atom is -0.376 e. The molecule has 4 rings (SSSR count). The summed E-state index contributed by atoms with van der Waals surface area (Å²) in [6.45, 7) is 11.2. The highest BCUT2D eigenvalue weighted by molar-refractivity contribution is 5.83. The smallest absolute Gasteiger partial charge is 0.253 e. The van der Waals surface area contributed by atoms with Crippen LogP contribution in [0.5, 0.6) is 0 Å². The highest BCUT2D eigenvalue weighted by atomic mass is 16.5. The molecule has 1 aromatic carbocycles. The Balaban J connectivity index is 1.84. The van der Waals surface area contributed by atoms with Crippen LogP contribution in [0, 0.1) is 13.8 Å². The Morgan fingerprint density at radius 1 is 1.27 bits per heavy atom. The lowest BCUT2D eigenvalue weighted by Crippen LogP contribution is -2.35. The number of rotatable bonds is 7. The Morgan fingerprint density at radius 2 is 2.07 bits per heavy atom. The van der Waals surface area contributed by atoms with Gasteiger partial charge < -0.3 is 9.72 Å². The van der Waals surface area contributed by atoms with Crippen LogP contribution in [0.15, 0.2) is 23.0 Å². The summed E-state index contributed by atoms with van der Waals surface area (Å²) in [7, 11) is 0. The first-order valence-corrected chi connectivity index (χ1v) is 10.8. The van der Waals surface area contributed by atoms with Gasteiger partial charge in [-0.2, -0.15) is 0 Å². The lowest BCUT2D eigenvalue weighted by molar-refractivity contribution is 0.0910. The highest BCUT2D eigenvalue weighted by Crippen LogP contribution is 2.28. The van der Waals surface area contributed by atoms with Crippen molar-refractivity contribution in [1.82, 2.24) is 30.1 Å². The van der Waals surface area contributed by atoms with E-state index in [1.807, 2.05) is 23.7 Å². The van der Waals surface area contributed by atoms with Crippen LogP contribution in [0.25, 0.3) is 10.9 Å². The van der Waals surface area contributed by atoms with Crippen molar-refractivity contribution in [3.63, 3.8) is 0 Å². The molecule has 1 aliphatic heterocycles. The second kappa shape index (κ2) is 8.65. The first kappa shape index (κ1) is 20.7. The average Bonchev–Trinajstić information content (AvgIpc) is 3.38. The SMILES string of the molecule is CCN(CC)[C@H](c1cc2c(C)cc(C)cc2[nH]c1=O)c1nnnn1C[C@H]1CCCO1. The van der Waals surface area contributed by atoms with Crippen molar-refractivity contribution in [2.45, 2.75) is 59.2 Å². The number of aromatic amines is 1. The normalized spacial score (nSPS) is 17.8. The summed E-state index contributed by atoms with van der Waals surface area (Å²) in [6, 6.07) is 5.83. The third-order valence-corrected chi connectivity index (χ3v) is 6.02. The largest absolute Gasteiger partial charge is 0.376 e. The number of H-pyrrole nitrogens is 1. The maximum absolute atomic E-state index is 13.2. The summed E-state index contributed by atoms with van der Waals surface area (Å²) in [5, 5.41) is 13.6. The molecule has 8 nitrogen and oxygen atoms in total. The Labute approximate surface area is 176 Å². The highest BCUT2D eigenvalue weighted by Gasteiger charge is 2.30. The van der Waals surface area contributed by atoms with Crippen LogP contribution in [0.2, 0.25) is 0 Å². The molecule has 2 atom stereocenters. The van der Waals surface area contributed by atoms with Gasteiger partial charge in [-0.1, -0.05) is 19.9 Å². The molecule has 0 amide bonds. The van der Waals surface area contributed by atoms with E-state index < -0.39 is 0 Å². The molecule has 0 saturated carbocycles. The van der Waals surface area contributed by atoms with E-state index in [1.54, 1.807) is 0 Å². The van der Waals surface area contributed by atoms with Crippen molar-refractivity contribution >= 4 is 10.9 Å². The maximum Gasteiger partial charge on any atom is 0.253 e. The Morgan fingerprint density at radius 3 is 2.77 bits per heavy atom. The lowest BCUT2D eigenvalue weighted by atomic mass is 10.00. The third-order valence-electron chi connectivity index (χ3n) is 6.02. The molecule has 3 heterocycles. The molecule has 0 radical (unpaired) electrons. The second-order valence-electron chi connectivity index (χ2n) is 8.07. The van der Waals surface area contributed by atoms with E-state index in [2.05, 4.69) is 52.2 Å². The van der Waals surface area contributed by atoms with Gasteiger partial charge in [0, 0.05) is 23.1 Å². The van der Waals surface area contributed by atoms with E-state index in [1.165, 1.54) is 0 Å². The van der Waals surface area contributed by atoms with Gasteiger partial charge in [-0.15, -0.1) is 5.10 Å². The summed E-state index contributed by atoms with van der Waals surface area (Å²) in [5.41, 5.74) is 3.69. The molecule has 30 heavy (non-hydrogen) atoms. The van der Waals surface area contributed by atoms with Gasteiger partial charge in [-0.3, -0.25) is 9.69 Å².